The summed E-state index contributed by atoms with van der Waals surface area (Å²) in [5.41, 5.74) is 2.43. The van der Waals surface area contributed by atoms with Crippen molar-refractivity contribution in [2.45, 2.75) is 13.0 Å². The number of halogens is 3. The highest BCUT2D eigenvalue weighted by molar-refractivity contribution is 9.10. The van der Waals surface area contributed by atoms with E-state index >= 15 is 0 Å². The molecule has 2 rings (SSSR count). The van der Waals surface area contributed by atoms with Gasteiger partial charge in [0, 0.05) is 8.95 Å². The highest BCUT2D eigenvalue weighted by Crippen LogP contribution is 2.29. The monoisotopic (exact) mass is 401 g/mol. The van der Waals surface area contributed by atoms with Gasteiger partial charge in [-0.3, -0.25) is 0 Å². The van der Waals surface area contributed by atoms with Crippen LogP contribution >= 0.6 is 43.5 Å². The molecule has 1 nitrogen and oxygen atoms in total. The van der Waals surface area contributed by atoms with Crippen molar-refractivity contribution in [1.82, 2.24) is 5.32 Å². The molecule has 0 aromatic heterocycles. The summed E-state index contributed by atoms with van der Waals surface area (Å²) < 4.78 is 2.01. The van der Waals surface area contributed by atoms with Crippen LogP contribution in [0.1, 0.15) is 24.1 Å². The van der Waals surface area contributed by atoms with Gasteiger partial charge in [0.1, 0.15) is 0 Å². The summed E-state index contributed by atoms with van der Waals surface area (Å²) in [5.74, 6) is 0. The molecule has 0 aliphatic rings. The molecule has 0 saturated carbocycles. The van der Waals surface area contributed by atoms with Gasteiger partial charge in [0.05, 0.1) is 11.1 Å². The van der Waals surface area contributed by atoms with Crippen LogP contribution in [0.4, 0.5) is 0 Å². The van der Waals surface area contributed by atoms with Gasteiger partial charge >= 0.3 is 0 Å². The van der Waals surface area contributed by atoms with Crippen molar-refractivity contribution in [1.29, 1.82) is 0 Å². The second kappa shape index (κ2) is 6.89. The second-order valence-electron chi connectivity index (χ2n) is 4.22. The van der Waals surface area contributed by atoms with Gasteiger partial charge in [-0.2, -0.15) is 0 Å². The molecule has 0 heterocycles. The minimum atomic E-state index is 0.173. The molecule has 2 aromatic carbocycles. The summed E-state index contributed by atoms with van der Waals surface area (Å²) in [7, 11) is 0. The van der Waals surface area contributed by atoms with Crippen molar-refractivity contribution in [2.75, 3.05) is 6.54 Å². The Kier molecular flexibility index (Phi) is 5.46. The van der Waals surface area contributed by atoms with Gasteiger partial charge in [-0.15, -0.1) is 0 Å². The Morgan fingerprint density at radius 2 is 1.68 bits per heavy atom. The van der Waals surface area contributed by atoms with Crippen LogP contribution in [-0.4, -0.2) is 6.54 Å². The third-order valence-corrected chi connectivity index (χ3v) is 4.63. The summed E-state index contributed by atoms with van der Waals surface area (Å²) in [6, 6.07) is 14.6. The van der Waals surface area contributed by atoms with Crippen molar-refractivity contribution >= 4 is 43.5 Å². The molecule has 1 unspecified atom stereocenters. The van der Waals surface area contributed by atoms with Crippen molar-refractivity contribution in [2.24, 2.45) is 0 Å². The van der Waals surface area contributed by atoms with E-state index in [0.29, 0.717) is 0 Å². The molecule has 0 bridgehead atoms. The van der Waals surface area contributed by atoms with Crippen LogP contribution in [0.3, 0.4) is 0 Å². The highest BCUT2D eigenvalue weighted by Gasteiger charge is 2.13. The maximum Gasteiger partial charge on any atom is 0.0577 e. The maximum absolute atomic E-state index is 6.06. The number of rotatable bonds is 4. The average molecular weight is 404 g/mol. The topological polar surface area (TPSA) is 12.0 Å². The lowest BCUT2D eigenvalue weighted by Crippen LogP contribution is -2.21. The molecule has 1 atom stereocenters. The summed E-state index contributed by atoms with van der Waals surface area (Å²) >= 11 is 13.0. The van der Waals surface area contributed by atoms with E-state index in [4.69, 9.17) is 11.6 Å². The van der Waals surface area contributed by atoms with Gasteiger partial charge in [0.2, 0.25) is 0 Å². The van der Waals surface area contributed by atoms with Gasteiger partial charge in [-0.25, -0.2) is 0 Å². The Balaban J connectivity index is 2.38. The predicted octanol–water partition coefficient (Wildman–Crippen LogP) is 5.56. The van der Waals surface area contributed by atoms with Gasteiger partial charge in [-0.05, 0) is 57.9 Å². The van der Waals surface area contributed by atoms with Crippen LogP contribution in [0.5, 0.6) is 0 Å². The van der Waals surface area contributed by atoms with E-state index in [0.717, 1.165) is 20.5 Å². The number of hydrogen-bond acceptors (Lipinski definition) is 1. The van der Waals surface area contributed by atoms with Crippen LogP contribution in [0.2, 0.25) is 5.02 Å². The van der Waals surface area contributed by atoms with E-state index in [1.807, 2.05) is 6.07 Å². The smallest absolute Gasteiger partial charge is 0.0577 e. The Morgan fingerprint density at radius 1 is 1.05 bits per heavy atom. The van der Waals surface area contributed by atoms with E-state index in [-0.39, 0.29) is 6.04 Å². The van der Waals surface area contributed by atoms with Crippen LogP contribution in [0.15, 0.2) is 51.4 Å². The summed E-state index contributed by atoms with van der Waals surface area (Å²) in [6.45, 7) is 3.01. The van der Waals surface area contributed by atoms with Gasteiger partial charge < -0.3 is 5.32 Å². The van der Waals surface area contributed by atoms with Crippen LogP contribution in [-0.2, 0) is 0 Å². The van der Waals surface area contributed by atoms with Crippen molar-refractivity contribution in [3.05, 3.63) is 67.6 Å². The van der Waals surface area contributed by atoms with Crippen molar-refractivity contribution < 1.29 is 0 Å². The first kappa shape index (κ1) is 15.0. The summed E-state index contributed by atoms with van der Waals surface area (Å²) in [6.07, 6.45) is 0. The van der Waals surface area contributed by atoms with E-state index < -0.39 is 0 Å². The Bertz CT molecular complexity index is 555. The molecule has 100 valence electrons. The predicted molar refractivity (Wildman–Crippen MR) is 88.8 cm³/mol. The summed E-state index contributed by atoms with van der Waals surface area (Å²) in [4.78, 5) is 0. The number of nitrogens with one attached hydrogen (secondary N) is 1. The van der Waals surface area contributed by atoms with Gasteiger partial charge in [0.15, 0.2) is 0 Å². The Labute approximate surface area is 135 Å². The molecule has 0 amide bonds. The van der Waals surface area contributed by atoms with Crippen LogP contribution < -0.4 is 5.32 Å². The number of benzene rings is 2. The molecule has 0 fully saturated rings. The standard InChI is InChI=1S/C15H14Br2ClN/c1-2-19-15(10-3-6-12(16)7-4-10)11-5-8-14(18)13(17)9-11/h3-9,15,19H,2H2,1H3. The molecular weight excluding hydrogens is 389 g/mol. The number of hydrogen-bond donors (Lipinski definition) is 1. The normalized spacial score (nSPS) is 12.4. The van der Waals surface area contributed by atoms with Crippen molar-refractivity contribution in [3.8, 4) is 0 Å². The fraction of sp³-hybridized carbons (Fsp3) is 0.200. The van der Waals surface area contributed by atoms with Gasteiger partial charge in [0.25, 0.3) is 0 Å². The van der Waals surface area contributed by atoms with E-state index in [9.17, 15) is 0 Å². The molecule has 4 heteroatoms. The average Bonchev–Trinajstić information content (AvgIpc) is 2.41. The maximum atomic E-state index is 6.06. The lowest BCUT2D eigenvalue weighted by molar-refractivity contribution is 0.630. The minimum Gasteiger partial charge on any atom is -0.307 e. The first-order valence-electron chi connectivity index (χ1n) is 6.05. The zero-order valence-corrected chi connectivity index (χ0v) is 14.4. The SMILES string of the molecule is CCNC(c1ccc(Br)cc1)c1ccc(Cl)c(Br)c1. The Hall–Kier alpha value is -0.350. The van der Waals surface area contributed by atoms with Crippen LogP contribution in [0.25, 0.3) is 0 Å². The van der Waals surface area contributed by atoms with E-state index in [2.05, 4.69) is 80.5 Å². The molecular formula is C15H14Br2ClN. The lowest BCUT2D eigenvalue weighted by atomic mass is 9.99. The molecule has 0 aliphatic carbocycles. The third kappa shape index (κ3) is 3.82. The van der Waals surface area contributed by atoms with Gasteiger partial charge in [-0.1, -0.05) is 52.7 Å². The lowest BCUT2D eigenvalue weighted by Gasteiger charge is -2.19. The van der Waals surface area contributed by atoms with E-state index in [1.54, 1.807) is 0 Å². The zero-order chi connectivity index (χ0) is 13.8. The van der Waals surface area contributed by atoms with Crippen LogP contribution in [0, 0.1) is 0 Å². The molecule has 0 aliphatic heterocycles. The molecule has 0 radical (unpaired) electrons. The quantitative estimate of drug-likeness (QED) is 0.704. The zero-order valence-electron chi connectivity index (χ0n) is 10.5. The molecule has 0 saturated heterocycles. The highest BCUT2D eigenvalue weighted by atomic mass is 79.9. The largest absolute Gasteiger partial charge is 0.307 e. The molecule has 1 N–H and O–H groups in total. The third-order valence-electron chi connectivity index (χ3n) is 2.89. The molecule has 19 heavy (non-hydrogen) atoms. The minimum absolute atomic E-state index is 0.173. The van der Waals surface area contributed by atoms with E-state index in [1.165, 1.54) is 11.1 Å². The first-order valence-corrected chi connectivity index (χ1v) is 8.02. The fourth-order valence-corrected chi connectivity index (χ4v) is 2.76. The van der Waals surface area contributed by atoms with Crippen molar-refractivity contribution in [3.63, 3.8) is 0 Å². The first-order chi connectivity index (χ1) is 9.11. The summed E-state index contributed by atoms with van der Waals surface area (Å²) in [5, 5.41) is 4.23. The molecule has 0 spiro atoms. The Morgan fingerprint density at radius 3 is 2.26 bits per heavy atom. The fourth-order valence-electron chi connectivity index (χ4n) is 1.98. The second-order valence-corrected chi connectivity index (χ2v) is 6.39. The molecule has 2 aromatic rings.